The first-order valence-electron chi connectivity index (χ1n) is 6.52. The molecular weight excluding hydrogens is 319 g/mol. The maximum atomic E-state index is 12.8. The molecule has 1 aliphatic rings. The first kappa shape index (κ1) is 15.9. The zero-order chi connectivity index (χ0) is 15.1. The van der Waals surface area contributed by atoms with Gasteiger partial charge in [-0.3, -0.25) is 0 Å². The van der Waals surface area contributed by atoms with Crippen molar-refractivity contribution >= 4 is 38.9 Å². The van der Waals surface area contributed by atoms with Crippen LogP contribution in [0.5, 0.6) is 0 Å². The van der Waals surface area contributed by atoms with Gasteiger partial charge in [0.05, 0.1) is 15.7 Å². The number of anilines is 1. The predicted molar refractivity (Wildman–Crippen MR) is 82.6 cm³/mol. The first-order chi connectivity index (χ1) is 9.26. The Morgan fingerprint density at radius 3 is 2.60 bits per heavy atom. The molecule has 0 amide bonds. The summed E-state index contributed by atoms with van der Waals surface area (Å²) in [6.45, 7) is 4.57. The Morgan fingerprint density at radius 2 is 2.00 bits per heavy atom. The molecule has 2 N–H and O–H groups in total. The van der Waals surface area contributed by atoms with Gasteiger partial charge in [-0.25, -0.2) is 8.42 Å². The highest BCUT2D eigenvalue weighted by Gasteiger charge is 2.38. The lowest BCUT2D eigenvalue weighted by atomic mass is 10.0. The molecule has 1 saturated heterocycles. The predicted octanol–water partition coefficient (Wildman–Crippen LogP) is 3.38. The highest BCUT2D eigenvalue weighted by molar-refractivity contribution is 7.89. The molecular formula is C13H18Cl2N2O2S. The summed E-state index contributed by atoms with van der Waals surface area (Å²) < 4.78 is 27.1. The lowest BCUT2D eigenvalue weighted by Gasteiger charge is -2.27. The topological polar surface area (TPSA) is 63.4 Å². The van der Waals surface area contributed by atoms with Crippen molar-refractivity contribution in [2.75, 3.05) is 12.3 Å². The van der Waals surface area contributed by atoms with E-state index in [0.717, 1.165) is 12.8 Å². The largest absolute Gasteiger partial charge is 0.396 e. The molecule has 0 bridgehead atoms. The van der Waals surface area contributed by atoms with Gasteiger partial charge in [0.2, 0.25) is 10.0 Å². The third-order valence-electron chi connectivity index (χ3n) is 3.70. The van der Waals surface area contributed by atoms with Gasteiger partial charge in [-0.05, 0) is 30.9 Å². The quantitative estimate of drug-likeness (QED) is 0.860. The zero-order valence-corrected chi connectivity index (χ0v) is 13.8. The van der Waals surface area contributed by atoms with Crippen LogP contribution in [0.25, 0.3) is 0 Å². The van der Waals surface area contributed by atoms with E-state index in [-0.39, 0.29) is 32.6 Å². The Kier molecular flexibility index (Phi) is 4.54. The van der Waals surface area contributed by atoms with Crippen LogP contribution in [0.2, 0.25) is 10.0 Å². The third kappa shape index (κ3) is 2.64. The molecule has 1 unspecified atom stereocenters. The zero-order valence-electron chi connectivity index (χ0n) is 11.4. The Balaban J connectivity index is 2.48. The minimum absolute atomic E-state index is 0.00639. The summed E-state index contributed by atoms with van der Waals surface area (Å²) in [5.41, 5.74) is 5.83. The van der Waals surface area contributed by atoms with E-state index < -0.39 is 10.0 Å². The lowest BCUT2D eigenvalue weighted by molar-refractivity contribution is 0.316. The van der Waals surface area contributed by atoms with E-state index in [2.05, 4.69) is 0 Å². The molecule has 0 aromatic heterocycles. The number of nitrogens with two attached hydrogens (primary N) is 1. The van der Waals surface area contributed by atoms with Crippen LogP contribution in [-0.4, -0.2) is 25.3 Å². The van der Waals surface area contributed by atoms with Crippen LogP contribution >= 0.6 is 23.2 Å². The van der Waals surface area contributed by atoms with Gasteiger partial charge in [0.25, 0.3) is 0 Å². The van der Waals surface area contributed by atoms with Crippen molar-refractivity contribution in [2.45, 2.75) is 37.6 Å². The van der Waals surface area contributed by atoms with Crippen LogP contribution < -0.4 is 5.73 Å². The Morgan fingerprint density at radius 1 is 1.35 bits per heavy atom. The Hall–Kier alpha value is -0.490. The second-order valence-corrected chi connectivity index (χ2v) is 7.99. The van der Waals surface area contributed by atoms with Crippen molar-refractivity contribution in [3.63, 3.8) is 0 Å². The second-order valence-electron chi connectivity index (χ2n) is 5.34. The smallest absolute Gasteiger partial charge is 0.244 e. The fourth-order valence-corrected chi connectivity index (χ4v) is 5.17. The normalized spacial score (nSPS) is 20.8. The van der Waals surface area contributed by atoms with Crippen molar-refractivity contribution in [3.8, 4) is 0 Å². The summed E-state index contributed by atoms with van der Waals surface area (Å²) in [6.07, 6.45) is 1.74. The van der Waals surface area contributed by atoms with Crippen LogP contribution in [0, 0.1) is 5.92 Å². The molecule has 1 aromatic rings. The van der Waals surface area contributed by atoms with Crippen LogP contribution in [0.4, 0.5) is 5.69 Å². The molecule has 4 nitrogen and oxygen atoms in total. The average molecular weight is 337 g/mol. The van der Waals surface area contributed by atoms with Gasteiger partial charge in [-0.2, -0.15) is 4.31 Å². The van der Waals surface area contributed by atoms with E-state index in [0.29, 0.717) is 6.54 Å². The SMILES string of the molecule is CC(C)C1CCCN1S(=O)(=O)c1ccc(Cl)c(N)c1Cl. The lowest BCUT2D eigenvalue weighted by Crippen LogP contribution is -2.38. The number of nitrogens with zero attached hydrogens (tertiary/aromatic N) is 1. The number of hydrogen-bond acceptors (Lipinski definition) is 3. The van der Waals surface area contributed by atoms with Crippen molar-refractivity contribution < 1.29 is 8.42 Å². The summed E-state index contributed by atoms with van der Waals surface area (Å²) in [7, 11) is -3.64. The van der Waals surface area contributed by atoms with E-state index in [1.807, 2.05) is 13.8 Å². The molecule has 0 spiro atoms. The fraction of sp³-hybridized carbons (Fsp3) is 0.538. The van der Waals surface area contributed by atoms with Crippen molar-refractivity contribution in [1.29, 1.82) is 0 Å². The van der Waals surface area contributed by atoms with Crippen LogP contribution in [0.15, 0.2) is 17.0 Å². The molecule has 1 aliphatic heterocycles. The minimum Gasteiger partial charge on any atom is -0.396 e. The van der Waals surface area contributed by atoms with Gasteiger partial charge in [0.15, 0.2) is 0 Å². The van der Waals surface area contributed by atoms with E-state index in [4.69, 9.17) is 28.9 Å². The molecule has 0 radical (unpaired) electrons. The summed E-state index contributed by atoms with van der Waals surface area (Å²) >= 11 is 11.9. The number of nitrogen functional groups attached to an aromatic ring is 1. The highest BCUT2D eigenvalue weighted by Crippen LogP contribution is 2.37. The third-order valence-corrected chi connectivity index (χ3v) is 6.51. The van der Waals surface area contributed by atoms with Gasteiger partial charge in [0.1, 0.15) is 4.90 Å². The maximum absolute atomic E-state index is 12.8. The Bertz CT molecular complexity index is 617. The average Bonchev–Trinajstić information content (AvgIpc) is 2.85. The van der Waals surface area contributed by atoms with Gasteiger partial charge < -0.3 is 5.73 Å². The van der Waals surface area contributed by atoms with Crippen LogP contribution in [0.3, 0.4) is 0 Å². The molecule has 1 heterocycles. The van der Waals surface area contributed by atoms with Crippen molar-refractivity contribution in [1.82, 2.24) is 4.31 Å². The number of rotatable bonds is 3. The number of hydrogen-bond donors (Lipinski definition) is 1. The molecule has 1 aromatic carbocycles. The molecule has 112 valence electrons. The Labute approximate surface area is 129 Å². The number of halogens is 2. The molecule has 20 heavy (non-hydrogen) atoms. The van der Waals surface area contributed by atoms with Gasteiger partial charge >= 0.3 is 0 Å². The summed E-state index contributed by atoms with van der Waals surface area (Å²) in [4.78, 5) is 0.0358. The number of benzene rings is 1. The standard InChI is InChI=1S/C13H18Cl2N2O2S/c1-8(2)10-4-3-7-17(10)20(18,19)11-6-5-9(14)13(16)12(11)15/h5-6,8,10H,3-4,7,16H2,1-2H3. The monoisotopic (exact) mass is 336 g/mol. The fourth-order valence-electron chi connectivity index (χ4n) is 2.61. The van der Waals surface area contributed by atoms with E-state index in [1.54, 1.807) is 0 Å². The molecule has 0 aliphatic carbocycles. The van der Waals surface area contributed by atoms with E-state index in [9.17, 15) is 8.42 Å². The molecule has 2 rings (SSSR count). The number of sulfonamides is 1. The molecule has 1 fully saturated rings. The van der Waals surface area contributed by atoms with E-state index >= 15 is 0 Å². The van der Waals surface area contributed by atoms with Gasteiger partial charge in [-0.1, -0.05) is 37.0 Å². The van der Waals surface area contributed by atoms with Crippen molar-refractivity contribution in [2.24, 2.45) is 5.92 Å². The minimum atomic E-state index is -3.64. The maximum Gasteiger partial charge on any atom is 0.244 e. The summed E-state index contributed by atoms with van der Waals surface area (Å²) in [5.74, 6) is 0.260. The molecule has 7 heteroatoms. The second kappa shape index (κ2) is 5.72. The highest BCUT2D eigenvalue weighted by atomic mass is 35.5. The molecule has 0 saturated carbocycles. The first-order valence-corrected chi connectivity index (χ1v) is 8.71. The molecule has 1 atom stereocenters. The van der Waals surface area contributed by atoms with Crippen LogP contribution in [0.1, 0.15) is 26.7 Å². The van der Waals surface area contributed by atoms with E-state index in [1.165, 1.54) is 16.4 Å². The van der Waals surface area contributed by atoms with Gasteiger partial charge in [-0.15, -0.1) is 0 Å². The van der Waals surface area contributed by atoms with Crippen molar-refractivity contribution in [3.05, 3.63) is 22.2 Å². The van der Waals surface area contributed by atoms with Crippen LogP contribution in [-0.2, 0) is 10.0 Å². The summed E-state index contributed by atoms with van der Waals surface area (Å²) in [5, 5.41) is 0.266. The van der Waals surface area contributed by atoms with Gasteiger partial charge in [0, 0.05) is 12.6 Å². The summed E-state index contributed by atoms with van der Waals surface area (Å²) in [6, 6.07) is 2.90.